The van der Waals surface area contributed by atoms with Crippen molar-refractivity contribution in [3.8, 4) is 0 Å². The van der Waals surface area contributed by atoms with Crippen LogP contribution in [-0.2, 0) is 16.1 Å². The van der Waals surface area contributed by atoms with E-state index < -0.39 is 5.91 Å². The molecule has 0 saturated heterocycles. The summed E-state index contributed by atoms with van der Waals surface area (Å²) in [5.41, 5.74) is 0.843. The van der Waals surface area contributed by atoms with Crippen molar-refractivity contribution < 1.29 is 14.0 Å². The highest BCUT2D eigenvalue weighted by Gasteiger charge is 2.18. The van der Waals surface area contributed by atoms with E-state index in [9.17, 15) is 14.0 Å². The van der Waals surface area contributed by atoms with Crippen LogP contribution in [0.3, 0.4) is 0 Å². The van der Waals surface area contributed by atoms with Crippen LogP contribution in [0.4, 0.5) is 10.1 Å². The van der Waals surface area contributed by atoms with E-state index in [1.165, 1.54) is 17.9 Å². The lowest BCUT2D eigenvalue weighted by Gasteiger charge is -2.21. The number of rotatable bonds is 5. The molecule has 120 valence electrons. The Morgan fingerprint density at radius 3 is 2.43 bits per heavy atom. The van der Waals surface area contributed by atoms with Crippen LogP contribution in [0.15, 0.2) is 48.5 Å². The molecule has 0 heterocycles. The van der Waals surface area contributed by atoms with Gasteiger partial charge in [0.15, 0.2) is 0 Å². The van der Waals surface area contributed by atoms with Gasteiger partial charge in [-0.2, -0.15) is 0 Å². The number of hydrogen-bond acceptors (Lipinski definition) is 2. The molecule has 6 heteroatoms. The van der Waals surface area contributed by atoms with Gasteiger partial charge in [0.05, 0.1) is 10.7 Å². The quantitative estimate of drug-likeness (QED) is 0.913. The first-order chi connectivity index (χ1) is 11.0. The second kappa shape index (κ2) is 7.74. The average molecular weight is 335 g/mol. The Morgan fingerprint density at radius 2 is 1.78 bits per heavy atom. The molecule has 0 unspecified atom stereocenters. The van der Waals surface area contributed by atoms with Gasteiger partial charge in [0.2, 0.25) is 11.8 Å². The van der Waals surface area contributed by atoms with Gasteiger partial charge < -0.3 is 10.2 Å². The van der Waals surface area contributed by atoms with Crippen molar-refractivity contribution in [3.63, 3.8) is 0 Å². The molecule has 2 amide bonds. The van der Waals surface area contributed by atoms with E-state index in [-0.39, 0.29) is 24.8 Å². The summed E-state index contributed by atoms with van der Waals surface area (Å²) in [6.45, 7) is 1.22. The number of nitrogens with one attached hydrogen (secondary N) is 1. The maximum atomic E-state index is 13.5. The number of nitrogens with zero attached hydrogens (tertiary/aromatic N) is 1. The molecular weight excluding hydrogens is 319 g/mol. The van der Waals surface area contributed by atoms with Gasteiger partial charge in [-0.3, -0.25) is 9.59 Å². The highest BCUT2D eigenvalue weighted by atomic mass is 35.5. The van der Waals surface area contributed by atoms with E-state index >= 15 is 0 Å². The largest absolute Gasteiger partial charge is 0.350 e. The Labute approximate surface area is 138 Å². The first-order valence-corrected chi connectivity index (χ1v) is 7.39. The molecule has 0 bridgehead atoms. The summed E-state index contributed by atoms with van der Waals surface area (Å²) >= 11 is 6.07. The van der Waals surface area contributed by atoms with Crippen molar-refractivity contribution in [3.05, 3.63) is 64.9 Å². The number of hydrogen-bond donors (Lipinski definition) is 1. The summed E-state index contributed by atoms with van der Waals surface area (Å²) in [5, 5.41) is 2.98. The zero-order chi connectivity index (χ0) is 16.8. The third-order valence-corrected chi connectivity index (χ3v) is 3.58. The maximum Gasteiger partial charge on any atom is 0.240 e. The molecule has 0 aliphatic carbocycles. The van der Waals surface area contributed by atoms with E-state index in [4.69, 9.17) is 11.6 Å². The number of halogens is 2. The monoisotopic (exact) mass is 334 g/mol. The lowest BCUT2D eigenvalue weighted by molar-refractivity contribution is -0.123. The Kier molecular flexibility index (Phi) is 5.71. The van der Waals surface area contributed by atoms with Crippen molar-refractivity contribution in [1.82, 2.24) is 5.32 Å². The summed E-state index contributed by atoms with van der Waals surface area (Å²) in [4.78, 5) is 25.1. The molecule has 4 nitrogen and oxygen atoms in total. The molecule has 0 radical (unpaired) electrons. The summed E-state index contributed by atoms with van der Waals surface area (Å²) < 4.78 is 13.5. The number of benzene rings is 2. The minimum absolute atomic E-state index is 0.0553. The first-order valence-electron chi connectivity index (χ1n) is 7.02. The number of carbonyl (C=O) groups excluding carboxylic acids is 2. The molecule has 0 aliphatic heterocycles. The van der Waals surface area contributed by atoms with Gasteiger partial charge in [0, 0.05) is 19.0 Å². The predicted octanol–water partition coefficient (Wildman–Crippen LogP) is 3.15. The molecule has 0 atom stereocenters. The van der Waals surface area contributed by atoms with Crippen molar-refractivity contribution in [1.29, 1.82) is 0 Å². The van der Waals surface area contributed by atoms with Crippen molar-refractivity contribution in [2.75, 3.05) is 11.4 Å². The molecule has 0 aromatic heterocycles. The predicted molar refractivity (Wildman–Crippen MR) is 87.7 cm³/mol. The van der Waals surface area contributed by atoms with Crippen LogP contribution in [0.25, 0.3) is 0 Å². The van der Waals surface area contributed by atoms with Crippen LogP contribution in [-0.4, -0.2) is 18.4 Å². The molecule has 1 N–H and O–H groups in total. The Hall–Kier alpha value is -2.40. The van der Waals surface area contributed by atoms with Gasteiger partial charge in [0.1, 0.15) is 12.4 Å². The molecule has 2 aromatic carbocycles. The number of carbonyl (C=O) groups is 2. The van der Waals surface area contributed by atoms with Gasteiger partial charge in [0.25, 0.3) is 0 Å². The number of anilines is 1. The summed E-state index contributed by atoms with van der Waals surface area (Å²) in [7, 11) is 0. The van der Waals surface area contributed by atoms with Crippen molar-refractivity contribution in [2.24, 2.45) is 0 Å². The van der Waals surface area contributed by atoms with Gasteiger partial charge in [-0.15, -0.1) is 0 Å². The summed E-state index contributed by atoms with van der Waals surface area (Å²) in [6.07, 6.45) is 0. The average Bonchev–Trinajstić information content (AvgIpc) is 2.52. The fourth-order valence-electron chi connectivity index (χ4n) is 2.07. The van der Waals surface area contributed by atoms with Crippen LogP contribution >= 0.6 is 11.6 Å². The molecule has 0 spiro atoms. The third kappa shape index (κ3) is 4.53. The SMILES string of the molecule is CC(=O)N(CC(=O)NCc1ccccc1F)c1ccccc1Cl. The zero-order valence-electron chi connectivity index (χ0n) is 12.6. The van der Waals surface area contributed by atoms with Crippen LogP contribution in [0.2, 0.25) is 5.02 Å². The normalized spacial score (nSPS) is 10.2. The molecule has 0 aliphatic rings. The highest BCUT2D eigenvalue weighted by molar-refractivity contribution is 6.33. The Balaban J connectivity index is 2.03. The topological polar surface area (TPSA) is 49.4 Å². The highest BCUT2D eigenvalue weighted by Crippen LogP contribution is 2.25. The number of para-hydroxylation sites is 1. The molecule has 0 fully saturated rings. The Bertz CT molecular complexity index is 721. The zero-order valence-corrected chi connectivity index (χ0v) is 13.3. The van der Waals surface area contributed by atoms with Crippen LogP contribution in [0.5, 0.6) is 0 Å². The number of amides is 2. The van der Waals surface area contributed by atoms with E-state index in [0.717, 1.165) is 0 Å². The van der Waals surface area contributed by atoms with Crippen LogP contribution in [0, 0.1) is 5.82 Å². The maximum absolute atomic E-state index is 13.5. The second-order valence-electron chi connectivity index (χ2n) is 4.92. The van der Waals surface area contributed by atoms with Gasteiger partial charge in [-0.25, -0.2) is 4.39 Å². The third-order valence-electron chi connectivity index (χ3n) is 3.26. The van der Waals surface area contributed by atoms with E-state index in [2.05, 4.69) is 5.32 Å². The standard InChI is InChI=1S/C17H16ClFN2O2/c1-12(22)21(16-9-5-3-7-14(16)18)11-17(23)20-10-13-6-2-4-8-15(13)19/h2-9H,10-11H2,1H3,(H,20,23). The smallest absolute Gasteiger partial charge is 0.240 e. The summed E-state index contributed by atoms with van der Waals surface area (Å²) in [6, 6.07) is 13.0. The first kappa shape index (κ1) is 17.0. The minimum Gasteiger partial charge on any atom is -0.350 e. The molecule has 2 aromatic rings. The van der Waals surface area contributed by atoms with Gasteiger partial charge >= 0.3 is 0 Å². The van der Waals surface area contributed by atoms with Crippen LogP contribution < -0.4 is 10.2 Å². The fourth-order valence-corrected chi connectivity index (χ4v) is 2.31. The molecular formula is C17H16ClFN2O2. The minimum atomic E-state index is -0.400. The lowest BCUT2D eigenvalue weighted by Crippen LogP contribution is -2.39. The van der Waals surface area contributed by atoms with Gasteiger partial charge in [-0.05, 0) is 18.2 Å². The van der Waals surface area contributed by atoms with Gasteiger partial charge in [-0.1, -0.05) is 41.9 Å². The van der Waals surface area contributed by atoms with E-state index in [1.807, 2.05) is 0 Å². The molecule has 2 rings (SSSR count). The fraction of sp³-hybridized carbons (Fsp3) is 0.176. The van der Waals surface area contributed by atoms with E-state index in [0.29, 0.717) is 16.3 Å². The van der Waals surface area contributed by atoms with E-state index in [1.54, 1.807) is 42.5 Å². The van der Waals surface area contributed by atoms with Crippen molar-refractivity contribution >= 4 is 29.1 Å². The molecule has 23 heavy (non-hydrogen) atoms. The molecule has 0 saturated carbocycles. The lowest BCUT2D eigenvalue weighted by atomic mass is 10.2. The van der Waals surface area contributed by atoms with Crippen LogP contribution in [0.1, 0.15) is 12.5 Å². The second-order valence-corrected chi connectivity index (χ2v) is 5.33. The van der Waals surface area contributed by atoms with Crippen molar-refractivity contribution in [2.45, 2.75) is 13.5 Å². The Morgan fingerprint density at radius 1 is 1.13 bits per heavy atom. The summed E-state index contributed by atoms with van der Waals surface area (Å²) in [5.74, 6) is -1.09.